The Morgan fingerprint density at radius 1 is 1.16 bits per heavy atom. The molecule has 8 nitrogen and oxygen atoms in total. The number of rotatable bonds is 5. The van der Waals surface area contributed by atoms with Crippen molar-refractivity contribution >= 4 is 11.7 Å². The lowest BCUT2D eigenvalue weighted by Gasteiger charge is -2.40. The van der Waals surface area contributed by atoms with Crippen LogP contribution < -0.4 is 17.2 Å². The zero-order valence-electron chi connectivity index (χ0n) is 17.6. The molecule has 8 heteroatoms. The van der Waals surface area contributed by atoms with Crippen molar-refractivity contribution in [2.24, 2.45) is 17.2 Å². The van der Waals surface area contributed by atoms with Crippen molar-refractivity contribution < 1.29 is 19.4 Å². The van der Waals surface area contributed by atoms with Gasteiger partial charge in [0.2, 0.25) is 0 Å². The number of hydrogen-bond acceptors (Lipinski definition) is 8. The third-order valence-corrected chi connectivity index (χ3v) is 5.25. The van der Waals surface area contributed by atoms with Gasteiger partial charge in [0.05, 0.1) is 25.0 Å². The molecule has 0 bridgehead atoms. The number of morpholine rings is 1. The number of para-hydroxylation sites is 1. The molecule has 0 spiro atoms. The Morgan fingerprint density at radius 3 is 2.45 bits per heavy atom. The van der Waals surface area contributed by atoms with E-state index in [2.05, 4.69) is 0 Å². The first kappa shape index (κ1) is 22.0. The Hall–Kier alpha value is -3.65. The van der Waals surface area contributed by atoms with Crippen LogP contribution in [0.1, 0.15) is 34.5 Å². The van der Waals surface area contributed by atoms with E-state index >= 15 is 0 Å². The Labute approximate surface area is 181 Å². The van der Waals surface area contributed by atoms with Crippen LogP contribution in [-0.4, -0.2) is 42.3 Å². The van der Waals surface area contributed by atoms with Gasteiger partial charge < -0.3 is 36.7 Å². The predicted molar refractivity (Wildman–Crippen MR) is 118 cm³/mol. The molecule has 2 atom stereocenters. The molecule has 0 unspecified atom stereocenters. The van der Waals surface area contributed by atoms with Crippen LogP contribution in [0.3, 0.4) is 0 Å². The van der Waals surface area contributed by atoms with E-state index in [0.717, 1.165) is 5.56 Å². The first-order chi connectivity index (χ1) is 14.8. The third-order valence-electron chi connectivity index (χ3n) is 5.25. The Balaban J connectivity index is 1.87. The number of ether oxygens (including phenoxy) is 2. The summed E-state index contributed by atoms with van der Waals surface area (Å²) in [4.78, 5) is 13.7. The molecule has 164 valence electrons. The quantitative estimate of drug-likeness (QED) is 0.423. The second-order valence-corrected chi connectivity index (χ2v) is 7.39. The fraction of sp³-hybridized carbons (Fsp3) is 0.261. The molecular formula is C23H28N4O4. The largest absolute Gasteiger partial charge is 0.507 e. The molecule has 1 fully saturated rings. The summed E-state index contributed by atoms with van der Waals surface area (Å²) in [5.74, 6) is -0.200. The van der Waals surface area contributed by atoms with Crippen LogP contribution in [0, 0.1) is 0 Å². The van der Waals surface area contributed by atoms with E-state index in [1.807, 2.05) is 24.0 Å². The van der Waals surface area contributed by atoms with E-state index < -0.39 is 5.97 Å². The summed E-state index contributed by atoms with van der Waals surface area (Å²) in [5, 5.41) is 10.1. The van der Waals surface area contributed by atoms with Gasteiger partial charge in [-0.1, -0.05) is 24.3 Å². The van der Waals surface area contributed by atoms with Gasteiger partial charge in [0, 0.05) is 23.8 Å². The highest BCUT2D eigenvalue weighted by atomic mass is 16.5. The zero-order chi connectivity index (χ0) is 22.5. The molecule has 0 saturated carbocycles. The van der Waals surface area contributed by atoms with Crippen molar-refractivity contribution in [2.75, 3.05) is 20.3 Å². The number of allylic oxidation sites excluding steroid dienone is 1. The van der Waals surface area contributed by atoms with Crippen LogP contribution in [-0.2, 0) is 9.47 Å². The normalized spacial score (nSPS) is 19.0. The number of hydrogen-bond donors (Lipinski definition) is 4. The molecule has 1 aliphatic heterocycles. The number of aromatic hydroxyl groups is 1. The number of nitrogens with zero attached hydrogens (tertiary/aromatic N) is 1. The molecule has 1 heterocycles. The van der Waals surface area contributed by atoms with E-state index in [1.165, 1.54) is 7.11 Å². The molecule has 3 rings (SSSR count). The van der Waals surface area contributed by atoms with Gasteiger partial charge in [0.15, 0.2) is 0 Å². The summed E-state index contributed by atoms with van der Waals surface area (Å²) in [6.45, 7) is 2.94. The van der Waals surface area contributed by atoms with Crippen LogP contribution in [0.4, 0.5) is 0 Å². The van der Waals surface area contributed by atoms with E-state index in [0.29, 0.717) is 35.7 Å². The van der Waals surface area contributed by atoms with Crippen molar-refractivity contribution in [3.05, 3.63) is 82.8 Å². The second kappa shape index (κ2) is 9.44. The molecule has 1 aliphatic rings. The van der Waals surface area contributed by atoms with Crippen LogP contribution in [0.5, 0.6) is 5.75 Å². The summed E-state index contributed by atoms with van der Waals surface area (Å²) in [6, 6.07) is 13.9. The molecule has 31 heavy (non-hydrogen) atoms. The highest BCUT2D eigenvalue weighted by molar-refractivity contribution is 5.89. The second-order valence-electron chi connectivity index (χ2n) is 7.39. The molecule has 0 aliphatic carbocycles. The molecular weight excluding hydrogens is 396 g/mol. The van der Waals surface area contributed by atoms with Gasteiger partial charge in [0.25, 0.3) is 0 Å². The van der Waals surface area contributed by atoms with Gasteiger partial charge >= 0.3 is 5.97 Å². The lowest BCUT2D eigenvalue weighted by molar-refractivity contribution is -0.0457. The average Bonchev–Trinajstić information content (AvgIpc) is 2.77. The zero-order valence-corrected chi connectivity index (χ0v) is 17.6. The molecule has 0 radical (unpaired) electrons. The van der Waals surface area contributed by atoms with Crippen molar-refractivity contribution in [2.45, 2.75) is 19.1 Å². The van der Waals surface area contributed by atoms with Gasteiger partial charge in [-0.15, -0.1) is 0 Å². The lowest BCUT2D eigenvalue weighted by Crippen LogP contribution is -2.45. The number of esters is 1. The number of benzene rings is 2. The average molecular weight is 425 g/mol. The standard InChI is InChI=1S/C23H28N4O4/c1-14-13-31-21(15-7-9-16(10-8-15)23(29)30-2)12-27(14)19(22(25)26)11-18(24)17-5-3-4-6-20(17)28/h3-11,14,21,28H,12-13,24-26H2,1-2H3/b18-11-/t14-,21+/m0/s1. The monoisotopic (exact) mass is 424 g/mol. The SMILES string of the molecule is COC(=O)c1ccc([C@H]2CN(C(/C=C(\N)c3ccccc3O)=C(N)N)[C@@H](C)CO2)cc1. The fourth-order valence-corrected chi connectivity index (χ4v) is 3.52. The van der Waals surface area contributed by atoms with Crippen molar-refractivity contribution in [3.8, 4) is 5.75 Å². The highest BCUT2D eigenvalue weighted by Crippen LogP contribution is 2.30. The van der Waals surface area contributed by atoms with E-state index in [9.17, 15) is 9.90 Å². The van der Waals surface area contributed by atoms with Gasteiger partial charge in [-0.05, 0) is 42.8 Å². The maximum atomic E-state index is 11.7. The minimum absolute atomic E-state index is 0.00360. The molecule has 2 aromatic carbocycles. The third kappa shape index (κ3) is 4.92. The summed E-state index contributed by atoms with van der Waals surface area (Å²) in [5.41, 5.74) is 21.1. The Kier molecular flexibility index (Phi) is 6.71. The van der Waals surface area contributed by atoms with E-state index in [1.54, 1.807) is 42.5 Å². The van der Waals surface area contributed by atoms with Crippen molar-refractivity contribution in [1.82, 2.24) is 4.90 Å². The van der Waals surface area contributed by atoms with Crippen LogP contribution in [0.25, 0.3) is 5.70 Å². The van der Waals surface area contributed by atoms with Crippen LogP contribution in [0.15, 0.2) is 66.1 Å². The number of phenolic OH excluding ortho intramolecular Hbond substituents is 1. The maximum Gasteiger partial charge on any atom is 0.337 e. The first-order valence-corrected chi connectivity index (χ1v) is 9.89. The number of carbonyl (C=O) groups is 1. The summed E-state index contributed by atoms with van der Waals surface area (Å²) in [6.07, 6.45) is 1.42. The first-order valence-electron chi connectivity index (χ1n) is 9.89. The van der Waals surface area contributed by atoms with Gasteiger partial charge in [-0.25, -0.2) is 4.79 Å². The minimum atomic E-state index is -0.391. The van der Waals surface area contributed by atoms with Crippen molar-refractivity contribution in [3.63, 3.8) is 0 Å². The topological polar surface area (TPSA) is 137 Å². The maximum absolute atomic E-state index is 11.7. The highest BCUT2D eigenvalue weighted by Gasteiger charge is 2.29. The number of nitrogens with two attached hydrogens (primary N) is 3. The number of methoxy groups -OCH3 is 1. The predicted octanol–water partition coefficient (Wildman–Crippen LogP) is 2.03. The summed E-state index contributed by atoms with van der Waals surface area (Å²) in [7, 11) is 1.35. The molecule has 2 aromatic rings. The van der Waals surface area contributed by atoms with Gasteiger partial charge in [-0.3, -0.25) is 0 Å². The lowest BCUT2D eigenvalue weighted by atomic mass is 10.0. The molecule has 0 aromatic heterocycles. The van der Waals surface area contributed by atoms with E-state index in [4.69, 9.17) is 26.7 Å². The van der Waals surface area contributed by atoms with Gasteiger partial charge in [0.1, 0.15) is 17.7 Å². The minimum Gasteiger partial charge on any atom is -0.507 e. The Bertz CT molecular complexity index is 997. The molecule has 1 saturated heterocycles. The van der Waals surface area contributed by atoms with Crippen molar-refractivity contribution in [1.29, 1.82) is 0 Å². The number of carbonyl (C=O) groups excluding carboxylic acids is 1. The van der Waals surface area contributed by atoms with Crippen LogP contribution in [0.2, 0.25) is 0 Å². The molecule has 7 N–H and O–H groups in total. The summed E-state index contributed by atoms with van der Waals surface area (Å²) < 4.78 is 10.8. The van der Waals surface area contributed by atoms with Gasteiger partial charge in [-0.2, -0.15) is 0 Å². The van der Waals surface area contributed by atoms with E-state index in [-0.39, 0.29) is 23.7 Å². The smallest absolute Gasteiger partial charge is 0.337 e. The molecule has 0 amide bonds. The fourth-order valence-electron chi connectivity index (χ4n) is 3.52. The Morgan fingerprint density at radius 2 is 1.84 bits per heavy atom. The number of phenols is 1. The summed E-state index contributed by atoms with van der Waals surface area (Å²) >= 11 is 0. The van der Waals surface area contributed by atoms with Crippen LogP contribution >= 0.6 is 0 Å².